The van der Waals surface area contributed by atoms with E-state index in [9.17, 15) is 14.9 Å². The second-order valence-electron chi connectivity index (χ2n) is 7.69. The maximum absolute atomic E-state index is 12.7. The van der Waals surface area contributed by atoms with E-state index < -0.39 is 6.04 Å². The third-order valence-electron chi connectivity index (χ3n) is 5.72. The van der Waals surface area contributed by atoms with Crippen LogP contribution in [0.25, 0.3) is 10.9 Å². The van der Waals surface area contributed by atoms with Crippen molar-refractivity contribution in [2.75, 3.05) is 0 Å². The number of aromatic amines is 1. The van der Waals surface area contributed by atoms with Crippen molar-refractivity contribution in [3.8, 4) is 6.07 Å². The highest BCUT2D eigenvalue weighted by molar-refractivity contribution is 5.98. The van der Waals surface area contributed by atoms with Crippen LogP contribution in [-0.2, 0) is 4.79 Å². The predicted molar refractivity (Wildman–Crippen MR) is 102 cm³/mol. The molecule has 4 rings (SSSR count). The van der Waals surface area contributed by atoms with Crippen molar-refractivity contribution in [1.29, 1.82) is 5.26 Å². The Labute approximate surface area is 158 Å². The van der Waals surface area contributed by atoms with Crippen molar-refractivity contribution in [3.05, 3.63) is 36.0 Å². The van der Waals surface area contributed by atoms with Crippen LogP contribution < -0.4 is 10.6 Å². The lowest BCUT2D eigenvalue weighted by molar-refractivity contribution is -0.127. The van der Waals surface area contributed by atoms with Gasteiger partial charge in [0.05, 0.1) is 12.0 Å². The fourth-order valence-corrected chi connectivity index (χ4v) is 4.00. The Hall–Kier alpha value is -2.81. The van der Waals surface area contributed by atoms with Crippen molar-refractivity contribution in [2.24, 2.45) is 11.8 Å². The molecule has 1 heterocycles. The highest BCUT2D eigenvalue weighted by atomic mass is 16.2. The van der Waals surface area contributed by atoms with Gasteiger partial charge < -0.3 is 15.6 Å². The van der Waals surface area contributed by atoms with Gasteiger partial charge in [0.15, 0.2) is 0 Å². The van der Waals surface area contributed by atoms with E-state index in [4.69, 9.17) is 0 Å². The molecule has 2 saturated carbocycles. The molecule has 0 bridgehead atoms. The van der Waals surface area contributed by atoms with Crippen molar-refractivity contribution >= 4 is 22.7 Å². The Bertz CT molecular complexity index is 860. The number of hydrogen-bond donors (Lipinski definition) is 3. The summed E-state index contributed by atoms with van der Waals surface area (Å²) in [5.74, 6) is -0.270. The Morgan fingerprint density at radius 3 is 2.67 bits per heavy atom. The van der Waals surface area contributed by atoms with Gasteiger partial charge in [0.2, 0.25) is 5.91 Å². The molecule has 0 aliphatic heterocycles. The average molecular weight is 364 g/mol. The summed E-state index contributed by atoms with van der Waals surface area (Å²) in [6.07, 6.45) is 5.49. The Morgan fingerprint density at radius 1 is 1.15 bits per heavy atom. The van der Waals surface area contributed by atoms with Crippen molar-refractivity contribution in [3.63, 3.8) is 0 Å². The number of carbonyl (C=O) groups excluding carboxylic acids is 2. The fraction of sp³-hybridized carbons (Fsp3) is 0.476. The summed E-state index contributed by atoms with van der Waals surface area (Å²) >= 11 is 0. The lowest BCUT2D eigenvalue weighted by Gasteiger charge is -2.31. The molecular formula is C21H24N4O2. The van der Waals surface area contributed by atoms with E-state index >= 15 is 0 Å². The first-order valence-electron chi connectivity index (χ1n) is 9.74. The lowest BCUT2D eigenvalue weighted by Crippen LogP contribution is -2.50. The SMILES string of the molecule is N#C[C@@H](NC(=O)[C@@H]1CCCCC1NC(=O)c1cc2ccccc2[nH]1)C1CC1. The fourth-order valence-electron chi connectivity index (χ4n) is 4.00. The van der Waals surface area contributed by atoms with E-state index in [1.54, 1.807) is 0 Å². The van der Waals surface area contributed by atoms with Crippen molar-refractivity contribution < 1.29 is 9.59 Å². The molecule has 6 nitrogen and oxygen atoms in total. The monoisotopic (exact) mass is 364 g/mol. The van der Waals surface area contributed by atoms with Gasteiger partial charge >= 0.3 is 0 Å². The first kappa shape index (κ1) is 17.6. The van der Waals surface area contributed by atoms with E-state index in [2.05, 4.69) is 21.7 Å². The van der Waals surface area contributed by atoms with Crippen LogP contribution in [0.1, 0.15) is 49.0 Å². The first-order chi connectivity index (χ1) is 13.2. The highest BCUT2D eigenvalue weighted by Gasteiger charge is 2.37. The van der Waals surface area contributed by atoms with Crippen molar-refractivity contribution in [2.45, 2.75) is 50.6 Å². The van der Waals surface area contributed by atoms with Gasteiger partial charge in [-0.15, -0.1) is 0 Å². The summed E-state index contributed by atoms with van der Waals surface area (Å²) in [6, 6.07) is 11.2. The van der Waals surface area contributed by atoms with E-state index in [0.717, 1.165) is 49.4 Å². The van der Waals surface area contributed by atoms with Crippen LogP contribution in [0, 0.1) is 23.2 Å². The van der Waals surface area contributed by atoms with Crippen LogP contribution in [0.2, 0.25) is 0 Å². The highest BCUT2D eigenvalue weighted by Crippen LogP contribution is 2.33. The molecule has 2 aliphatic carbocycles. The summed E-state index contributed by atoms with van der Waals surface area (Å²) in [5, 5.41) is 16.2. The molecule has 2 aromatic rings. The summed E-state index contributed by atoms with van der Waals surface area (Å²) in [5.41, 5.74) is 1.43. The van der Waals surface area contributed by atoms with Crippen LogP contribution in [0.15, 0.2) is 30.3 Å². The van der Waals surface area contributed by atoms with Gasteiger partial charge in [0, 0.05) is 16.9 Å². The Kier molecular flexibility index (Phi) is 4.85. The largest absolute Gasteiger partial charge is 0.351 e. The summed E-state index contributed by atoms with van der Waals surface area (Å²) in [7, 11) is 0. The van der Waals surface area contributed by atoms with E-state index in [1.807, 2.05) is 30.3 Å². The average Bonchev–Trinajstić information content (AvgIpc) is 3.43. The molecule has 6 heteroatoms. The smallest absolute Gasteiger partial charge is 0.267 e. The molecule has 2 aliphatic rings. The number of amides is 2. The molecule has 2 fully saturated rings. The predicted octanol–water partition coefficient (Wildman–Crippen LogP) is 2.87. The van der Waals surface area contributed by atoms with Crippen LogP contribution >= 0.6 is 0 Å². The van der Waals surface area contributed by atoms with Crippen molar-refractivity contribution in [1.82, 2.24) is 15.6 Å². The number of hydrogen-bond acceptors (Lipinski definition) is 3. The second-order valence-corrected chi connectivity index (χ2v) is 7.69. The van der Waals surface area contributed by atoms with Crippen LogP contribution in [0.4, 0.5) is 0 Å². The third kappa shape index (κ3) is 3.82. The van der Waals surface area contributed by atoms with E-state index in [1.165, 1.54) is 0 Å². The molecule has 0 saturated heterocycles. The topological polar surface area (TPSA) is 97.8 Å². The van der Waals surface area contributed by atoms with Crippen LogP contribution in [0.5, 0.6) is 0 Å². The minimum Gasteiger partial charge on any atom is -0.351 e. The number of aromatic nitrogens is 1. The third-order valence-corrected chi connectivity index (χ3v) is 5.72. The van der Waals surface area contributed by atoms with Gasteiger partial charge in [-0.1, -0.05) is 31.0 Å². The molecule has 3 N–H and O–H groups in total. The second kappa shape index (κ2) is 7.43. The summed E-state index contributed by atoms with van der Waals surface area (Å²) in [4.78, 5) is 28.6. The number of nitriles is 1. The zero-order valence-corrected chi connectivity index (χ0v) is 15.2. The van der Waals surface area contributed by atoms with Crippen LogP contribution in [0.3, 0.4) is 0 Å². The minimum absolute atomic E-state index is 0.102. The summed E-state index contributed by atoms with van der Waals surface area (Å²) in [6.45, 7) is 0. The number of fused-ring (bicyclic) bond motifs is 1. The van der Waals surface area contributed by atoms with Gasteiger partial charge in [-0.2, -0.15) is 5.26 Å². The van der Waals surface area contributed by atoms with Gasteiger partial charge in [0.1, 0.15) is 11.7 Å². The lowest BCUT2D eigenvalue weighted by atomic mass is 9.83. The molecule has 3 atom stereocenters. The first-order valence-corrected chi connectivity index (χ1v) is 9.74. The number of nitrogens with zero attached hydrogens (tertiary/aromatic N) is 1. The maximum Gasteiger partial charge on any atom is 0.267 e. The number of para-hydroxylation sites is 1. The van der Waals surface area contributed by atoms with Gasteiger partial charge in [-0.05, 0) is 43.7 Å². The van der Waals surface area contributed by atoms with Gasteiger partial charge in [0.25, 0.3) is 5.91 Å². The van der Waals surface area contributed by atoms with E-state index in [-0.39, 0.29) is 23.8 Å². The molecule has 140 valence electrons. The molecule has 1 aromatic carbocycles. The molecule has 1 aromatic heterocycles. The standard InChI is InChI=1S/C21H24N4O2/c22-12-19(13-9-10-13)25-20(26)15-6-2-4-8-17(15)24-21(27)18-11-14-5-1-3-7-16(14)23-18/h1,3,5,7,11,13,15,17,19,23H,2,4,6,8-10H2,(H,24,27)(H,25,26)/t15-,17?,19-/m1/s1. The molecular weight excluding hydrogens is 340 g/mol. The minimum atomic E-state index is -0.399. The normalized spacial score (nSPS) is 23.4. The molecule has 2 amide bonds. The zero-order chi connectivity index (χ0) is 18.8. The maximum atomic E-state index is 12.7. The number of benzene rings is 1. The van der Waals surface area contributed by atoms with E-state index in [0.29, 0.717) is 11.6 Å². The quantitative estimate of drug-likeness (QED) is 0.761. The zero-order valence-electron chi connectivity index (χ0n) is 15.2. The Balaban J connectivity index is 1.44. The number of carbonyl (C=O) groups is 2. The van der Waals surface area contributed by atoms with Gasteiger partial charge in [-0.3, -0.25) is 9.59 Å². The molecule has 0 radical (unpaired) electrons. The molecule has 27 heavy (non-hydrogen) atoms. The number of nitrogens with one attached hydrogen (secondary N) is 3. The molecule has 1 unspecified atom stereocenters. The number of H-pyrrole nitrogens is 1. The molecule has 0 spiro atoms. The van der Waals surface area contributed by atoms with Gasteiger partial charge in [-0.25, -0.2) is 0 Å². The number of rotatable bonds is 5. The van der Waals surface area contributed by atoms with Crippen LogP contribution in [-0.4, -0.2) is 28.9 Å². The Morgan fingerprint density at radius 2 is 1.93 bits per heavy atom. The summed E-state index contributed by atoms with van der Waals surface area (Å²) < 4.78 is 0.